The lowest BCUT2D eigenvalue weighted by Gasteiger charge is -2.30. The molecule has 2 atom stereocenters. The van der Waals surface area contributed by atoms with Gasteiger partial charge in [-0.2, -0.15) is 0 Å². The Balaban J connectivity index is 2.03. The summed E-state index contributed by atoms with van der Waals surface area (Å²) in [7, 11) is 2.23. The van der Waals surface area contributed by atoms with Gasteiger partial charge in [0.25, 0.3) is 0 Å². The van der Waals surface area contributed by atoms with E-state index in [0.29, 0.717) is 12.1 Å². The molecule has 82 valence electrons. The summed E-state index contributed by atoms with van der Waals surface area (Å²) < 4.78 is 0. The molecule has 1 heterocycles. The molecule has 0 radical (unpaired) electrons. The minimum absolute atomic E-state index is 0.510. The van der Waals surface area contributed by atoms with Crippen molar-refractivity contribution < 1.29 is 0 Å². The summed E-state index contributed by atoms with van der Waals surface area (Å²) in [6.07, 6.45) is 1.27. The number of nitrogens with zero attached hydrogens (tertiary/aromatic N) is 1. The van der Waals surface area contributed by atoms with Crippen LogP contribution in [0, 0.1) is 0 Å². The van der Waals surface area contributed by atoms with Crippen LogP contribution in [-0.4, -0.2) is 31.1 Å². The van der Waals surface area contributed by atoms with Crippen LogP contribution in [0.25, 0.3) is 0 Å². The van der Waals surface area contributed by atoms with Gasteiger partial charge in [-0.15, -0.1) is 0 Å². The SMILES string of the molecule is CC(c1ccccc1)N(C)C1CCNC1. The zero-order chi connectivity index (χ0) is 10.7. The number of hydrogen-bond donors (Lipinski definition) is 1. The zero-order valence-corrected chi connectivity index (χ0v) is 9.61. The minimum atomic E-state index is 0.510. The smallest absolute Gasteiger partial charge is 0.0320 e. The van der Waals surface area contributed by atoms with E-state index in [1.54, 1.807) is 0 Å². The van der Waals surface area contributed by atoms with Crippen molar-refractivity contribution in [2.75, 3.05) is 20.1 Å². The molecule has 1 aliphatic rings. The Morgan fingerprint density at radius 2 is 2.07 bits per heavy atom. The Bertz CT molecular complexity index is 291. The van der Waals surface area contributed by atoms with Crippen LogP contribution in [0.2, 0.25) is 0 Å². The fraction of sp³-hybridized carbons (Fsp3) is 0.538. The van der Waals surface area contributed by atoms with Crippen molar-refractivity contribution in [1.82, 2.24) is 10.2 Å². The van der Waals surface area contributed by atoms with Gasteiger partial charge < -0.3 is 5.32 Å². The lowest BCUT2D eigenvalue weighted by Crippen LogP contribution is -2.35. The van der Waals surface area contributed by atoms with Crippen LogP contribution in [0.4, 0.5) is 0 Å². The molecule has 0 amide bonds. The summed E-state index contributed by atoms with van der Waals surface area (Å²) in [5.41, 5.74) is 1.41. The molecule has 2 unspecified atom stereocenters. The average molecular weight is 204 g/mol. The average Bonchev–Trinajstić information content (AvgIpc) is 2.82. The van der Waals surface area contributed by atoms with Crippen LogP contribution in [0.1, 0.15) is 24.9 Å². The molecule has 1 aromatic carbocycles. The monoisotopic (exact) mass is 204 g/mol. The largest absolute Gasteiger partial charge is 0.315 e. The molecule has 1 fully saturated rings. The highest BCUT2D eigenvalue weighted by Crippen LogP contribution is 2.22. The third kappa shape index (κ3) is 2.39. The van der Waals surface area contributed by atoms with Gasteiger partial charge >= 0.3 is 0 Å². The first-order valence-corrected chi connectivity index (χ1v) is 5.76. The second kappa shape index (κ2) is 4.77. The minimum Gasteiger partial charge on any atom is -0.315 e. The maximum Gasteiger partial charge on any atom is 0.0320 e. The summed E-state index contributed by atoms with van der Waals surface area (Å²) in [5.74, 6) is 0. The Morgan fingerprint density at radius 3 is 2.67 bits per heavy atom. The standard InChI is InChI=1S/C13H20N2/c1-11(12-6-4-3-5-7-12)15(2)13-8-9-14-10-13/h3-7,11,13-14H,8-10H2,1-2H3. The van der Waals surface area contributed by atoms with Gasteiger partial charge in [-0.3, -0.25) is 4.90 Å². The van der Waals surface area contributed by atoms with Crippen LogP contribution >= 0.6 is 0 Å². The molecular formula is C13H20N2. The second-order valence-corrected chi connectivity index (χ2v) is 4.40. The first-order chi connectivity index (χ1) is 7.29. The van der Waals surface area contributed by atoms with E-state index in [1.165, 1.54) is 12.0 Å². The second-order valence-electron chi connectivity index (χ2n) is 4.40. The van der Waals surface area contributed by atoms with E-state index in [9.17, 15) is 0 Å². The molecule has 0 saturated carbocycles. The molecule has 2 heteroatoms. The highest BCUT2D eigenvalue weighted by Gasteiger charge is 2.23. The van der Waals surface area contributed by atoms with Crippen molar-refractivity contribution in [2.45, 2.75) is 25.4 Å². The van der Waals surface area contributed by atoms with Crippen LogP contribution in [0.5, 0.6) is 0 Å². The van der Waals surface area contributed by atoms with Crippen molar-refractivity contribution in [2.24, 2.45) is 0 Å². The van der Waals surface area contributed by atoms with E-state index in [0.717, 1.165) is 13.1 Å². The lowest BCUT2D eigenvalue weighted by molar-refractivity contribution is 0.197. The van der Waals surface area contributed by atoms with E-state index in [1.807, 2.05) is 0 Å². The normalized spacial score (nSPS) is 23.3. The predicted octanol–water partition coefficient (Wildman–Crippen LogP) is 2.04. The van der Waals surface area contributed by atoms with Crippen molar-refractivity contribution in [3.8, 4) is 0 Å². The molecule has 1 N–H and O–H groups in total. The summed E-state index contributed by atoms with van der Waals surface area (Å²) in [5, 5.41) is 3.42. The molecule has 0 aliphatic carbocycles. The van der Waals surface area contributed by atoms with E-state index in [-0.39, 0.29) is 0 Å². The van der Waals surface area contributed by atoms with E-state index in [4.69, 9.17) is 0 Å². The van der Waals surface area contributed by atoms with Crippen LogP contribution in [-0.2, 0) is 0 Å². The number of rotatable bonds is 3. The van der Waals surface area contributed by atoms with Crippen molar-refractivity contribution >= 4 is 0 Å². The summed E-state index contributed by atoms with van der Waals surface area (Å²) in [6.45, 7) is 4.58. The fourth-order valence-electron chi connectivity index (χ4n) is 2.27. The first-order valence-electron chi connectivity index (χ1n) is 5.76. The summed E-state index contributed by atoms with van der Waals surface area (Å²) >= 11 is 0. The van der Waals surface area contributed by atoms with Gasteiger partial charge in [0.1, 0.15) is 0 Å². The number of likely N-dealkylation sites (N-methyl/N-ethyl adjacent to an activating group) is 1. The molecule has 2 rings (SSSR count). The molecule has 2 nitrogen and oxygen atoms in total. The highest BCUT2D eigenvalue weighted by atomic mass is 15.2. The molecule has 0 bridgehead atoms. The van der Waals surface area contributed by atoms with Crippen molar-refractivity contribution in [3.05, 3.63) is 35.9 Å². The van der Waals surface area contributed by atoms with Crippen molar-refractivity contribution in [1.29, 1.82) is 0 Å². The summed E-state index contributed by atoms with van der Waals surface area (Å²) in [4.78, 5) is 2.48. The molecule has 0 spiro atoms. The van der Waals surface area contributed by atoms with Crippen molar-refractivity contribution in [3.63, 3.8) is 0 Å². The Morgan fingerprint density at radius 1 is 1.33 bits per heavy atom. The zero-order valence-electron chi connectivity index (χ0n) is 9.61. The third-order valence-electron chi connectivity index (χ3n) is 3.50. The lowest BCUT2D eigenvalue weighted by atomic mass is 10.1. The molecule has 1 saturated heterocycles. The Labute approximate surface area is 92.3 Å². The Hall–Kier alpha value is -0.860. The van der Waals surface area contributed by atoms with Gasteiger partial charge in [-0.05, 0) is 32.5 Å². The van der Waals surface area contributed by atoms with Crippen LogP contribution in [0.15, 0.2) is 30.3 Å². The van der Waals surface area contributed by atoms with E-state index < -0.39 is 0 Å². The van der Waals surface area contributed by atoms with Gasteiger partial charge in [0.2, 0.25) is 0 Å². The van der Waals surface area contributed by atoms with Crippen LogP contribution in [0.3, 0.4) is 0 Å². The quantitative estimate of drug-likeness (QED) is 0.810. The fourth-order valence-corrected chi connectivity index (χ4v) is 2.27. The summed E-state index contributed by atoms with van der Waals surface area (Å²) in [6, 6.07) is 11.9. The number of nitrogens with one attached hydrogen (secondary N) is 1. The van der Waals surface area contributed by atoms with Gasteiger partial charge in [-0.25, -0.2) is 0 Å². The maximum absolute atomic E-state index is 3.42. The van der Waals surface area contributed by atoms with Gasteiger partial charge in [-0.1, -0.05) is 30.3 Å². The molecule has 0 aromatic heterocycles. The molecular weight excluding hydrogens is 184 g/mol. The molecule has 1 aliphatic heterocycles. The van der Waals surface area contributed by atoms with Crippen LogP contribution < -0.4 is 5.32 Å². The first kappa shape index (κ1) is 10.7. The van der Waals surface area contributed by atoms with E-state index >= 15 is 0 Å². The third-order valence-corrected chi connectivity index (χ3v) is 3.50. The van der Waals surface area contributed by atoms with Gasteiger partial charge in [0, 0.05) is 18.6 Å². The predicted molar refractivity (Wildman–Crippen MR) is 63.9 cm³/mol. The van der Waals surface area contributed by atoms with Gasteiger partial charge in [0.05, 0.1) is 0 Å². The Kier molecular flexibility index (Phi) is 3.39. The topological polar surface area (TPSA) is 15.3 Å². The maximum atomic E-state index is 3.42. The molecule has 1 aromatic rings. The molecule has 15 heavy (non-hydrogen) atoms. The van der Waals surface area contributed by atoms with Gasteiger partial charge in [0.15, 0.2) is 0 Å². The highest BCUT2D eigenvalue weighted by molar-refractivity contribution is 5.18. The van der Waals surface area contributed by atoms with E-state index in [2.05, 4.69) is 54.5 Å². The number of benzene rings is 1. The number of hydrogen-bond acceptors (Lipinski definition) is 2.